The van der Waals surface area contributed by atoms with Crippen LogP contribution in [0.1, 0.15) is 65.7 Å². The lowest BCUT2D eigenvalue weighted by molar-refractivity contribution is -0.142. The fourth-order valence-corrected chi connectivity index (χ4v) is 6.94. The van der Waals surface area contributed by atoms with Crippen LogP contribution < -0.4 is 0 Å². The molecule has 4 aliphatic carbocycles. The second-order valence-corrected chi connectivity index (χ2v) is 8.77. The van der Waals surface area contributed by atoms with Crippen LogP contribution >= 0.6 is 0 Å². The van der Waals surface area contributed by atoms with Crippen LogP contribution in [-0.4, -0.2) is 5.78 Å². The number of ketones is 1. The van der Waals surface area contributed by atoms with Crippen LogP contribution in [0.3, 0.4) is 0 Å². The number of Topliss-reactive ketones (excluding diaryl/α,β-unsaturated/α-hetero) is 1. The molecule has 0 bridgehead atoms. The number of carbonyl (C=O) groups excluding carboxylic acids is 1. The van der Waals surface area contributed by atoms with Gasteiger partial charge in [-0.1, -0.05) is 51.0 Å². The topological polar surface area (TPSA) is 17.1 Å². The van der Waals surface area contributed by atoms with Gasteiger partial charge in [0.25, 0.3) is 0 Å². The molecular weight excluding hydrogens is 268 g/mol. The first kappa shape index (κ1) is 14.7. The highest BCUT2D eigenvalue weighted by Crippen LogP contribution is 2.65. The molecule has 22 heavy (non-hydrogen) atoms. The highest BCUT2D eigenvalue weighted by Gasteiger charge is 2.60. The molecule has 0 aromatic heterocycles. The summed E-state index contributed by atoms with van der Waals surface area (Å²) in [6.07, 6.45) is 15.4. The molecule has 0 aromatic carbocycles. The molecule has 0 saturated heterocycles. The number of fused-ring (bicyclic) bond motifs is 5. The molecule has 0 heterocycles. The molecule has 1 heteroatoms. The minimum atomic E-state index is 0.0316. The molecule has 120 valence electrons. The fourth-order valence-electron chi connectivity index (χ4n) is 6.94. The van der Waals surface area contributed by atoms with Crippen molar-refractivity contribution >= 4 is 5.78 Å². The third-order valence-corrected chi connectivity index (χ3v) is 7.99. The molecule has 6 atom stereocenters. The van der Waals surface area contributed by atoms with Crippen LogP contribution in [0.15, 0.2) is 23.8 Å². The highest BCUT2D eigenvalue weighted by molar-refractivity contribution is 5.85. The maximum Gasteiger partial charge on any atom is 0.138 e. The van der Waals surface area contributed by atoms with Gasteiger partial charge in [-0.25, -0.2) is 0 Å². The van der Waals surface area contributed by atoms with Crippen LogP contribution in [0.2, 0.25) is 0 Å². The lowest BCUT2D eigenvalue weighted by Crippen LogP contribution is -2.53. The third kappa shape index (κ3) is 1.74. The van der Waals surface area contributed by atoms with Gasteiger partial charge in [-0.3, -0.25) is 4.79 Å². The number of allylic oxidation sites excluding steroid dienone is 4. The summed E-state index contributed by atoms with van der Waals surface area (Å²) in [6, 6.07) is 0. The molecule has 0 amide bonds. The van der Waals surface area contributed by atoms with E-state index in [2.05, 4.69) is 39.0 Å². The van der Waals surface area contributed by atoms with E-state index in [1.54, 1.807) is 5.57 Å². The van der Waals surface area contributed by atoms with E-state index < -0.39 is 0 Å². The Morgan fingerprint density at radius 2 is 2.05 bits per heavy atom. The van der Waals surface area contributed by atoms with E-state index in [1.807, 2.05) is 0 Å². The summed E-state index contributed by atoms with van der Waals surface area (Å²) >= 11 is 0. The molecule has 0 radical (unpaired) electrons. The fraction of sp³-hybridized carbons (Fsp3) is 0.762. The van der Waals surface area contributed by atoms with Crippen molar-refractivity contribution in [2.75, 3.05) is 0 Å². The van der Waals surface area contributed by atoms with E-state index >= 15 is 0 Å². The van der Waals surface area contributed by atoms with Crippen LogP contribution in [0, 0.1) is 34.5 Å². The molecule has 0 spiro atoms. The average Bonchev–Trinajstić information content (AvgIpc) is 2.82. The zero-order valence-electron chi connectivity index (χ0n) is 14.4. The maximum atomic E-state index is 13.2. The van der Waals surface area contributed by atoms with Gasteiger partial charge in [0.2, 0.25) is 0 Å². The first-order valence-electron chi connectivity index (χ1n) is 9.40. The molecule has 3 fully saturated rings. The number of hydrogen-bond donors (Lipinski definition) is 0. The molecule has 4 aliphatic rings. The van der Waals surface area contributed by atoms with E-state index in [-0.39, 0.29) is 11.3 Å². The Morgan fingerprint density at radius 3 is 2.82 bits per heavy atom. The Bertz CT molecular complexity index is 556. The number of hydrogen-bond acceptors (Lipinski definition) is 1. The quantitative estimate of drug-likeness (QED) is 0.599. The van der Waals surface area contributed by atoms with Crippen LogP contribution in [0.25, 0.3) is 0 Å². The molecule has 0 unspecified atom stereocenters. The minimum absolute atomic E-state index is 0.0316. The summed E-state index contributed by atoms with van der Waals surface area (Å²) in [5.41, 5.74) is 1.88. The van der Waals surface area contributed by atoms with E-state index in [0.717, 1.165) is 24.7 Å². The Hall–Kier alpha value is -0.850. The summed E-state index contributed by atoms with van der Waals surface area (Å²) in [5, 5.41) is 0. The van der Waals surface area contributed by atoms with Gasteiger partial charge in [-0.2, -0.15) is 0 Å². The van der Waals surface area contributed by atoms with Gasteiger partial charge in [0.1, 0.15) is 5.78 Å². The van der Waals surface area contributed by atoms with Crippen LogP contribution in [-0.2, 0) is 4.79 Å². The normalized spacial score (nSPS) is 50.1. The molecular formula is C21H30O. The smallest absolute Gasteiger partial charge is 0.138 e. The summed E-state index contributed by atoms with van der Waals surface area (Å²) < 4.78 is 0. The zero-order valence-corrected chi connectivity index (χ0v) is 14.4. The molecule has 4 rings (SSSR count). The van der Waals surface area contributed by atoms with Gasteiger partial charge in [-0.05, 0) is 55.3 Å². The van der Waals surface area contributed by atoms with Crippen molar-refractivity contribution < 1.29 is 4.79 Å². The maximum absolute atomic E-state index is 13.2. The van der Waals surface area contributed by atoms with Crippen molar-refractivity contribution in [2.45, 2.75) is 65.7 Å². The first-order chi connectivity index (χ1) is 10.5. The predicted octanol–water partition coefficient (Wildman–Crippen LogP) is 5.32. The SMILES string of the molecule is CC[C@H]1CC[C@H]2[C@@H]3CCC4=CCC=C[C@]4(C)[C@H]3C(=O)C[C@]12C. The molecule has 0 aromatic rings. The lowest BCUT2D eigenvalue weighted by Gasteiger charge is -2.56. The summed E-state index contributed by atoms with van der Waals surface area (Å²) in [7, 11) is 0. The van der Waals surface area contributed by atoms with Crippen LogP contribution in [0.5, 0.6) is 0 Å². The lowest BCUT2D eigenvalue weighted by atomic mass is 9.47. The monoisotopic (exact) mass is 298 g/mol. The molecule has 1 nitrogen and oxygen atoms in total. The molecule has 0 aliphatic heterocycles. The van der Waals surface area contributed by atoms with E-state index in [4.69, 9.17) is 0 Å². The number of rotatable bonds is 1. The van der Waals surface area contributed by atoms with Gasteiger partial charge in [0.05, 0.1) is 0 Å². The Kier molecular flexibility index (Phi) is 3.23. The second kappa shape index (κ2) is 4.82. The van der Waals surface area contributed by atoms with Gasteiger partial charge in [0.15, 0.2) is 0 Å². The van der Waals surface area contributed by atoms with Gasteiger partial charge < -0.3 is 0 Å². The summed E-state index contributed by atoms with van der Waals surface area (Å²) in [6.45, 7) is 7.11. The zero-order chi connectivity index (χ0) is 15.5. The summed E-state index contributed by atoms with van der Waals surface area (Å²) in [5.74, 6) is 3.03. The molecule has 0 N–H and O–H groups in total. The van der Waals surface area contributed by atoms with Crippen molar-refractivity contribution in [1.29, 1.82) is 0 Å². The minimum Gasteiger partial charge on any atom is -0.299 e. The van der Waals surface area contributed by atoms with E-state index in [9.17, 15) is 4.79 Å². The van der Waals surface area contributed by atoms with Crippen molar-refractivity contribution in [2.24, 2.45) is 34.5 Å². The van der Waals surface area contributed by atoms with Crippen LogP contribution in [0.4, 0.5) is 0 Å². The van der Waals surface area contributed by atoms with Crippen molar-refractivity contribution in [3.63, 3.8) is 0 Å². The Balaban J connectivity index is 1.75. The van der Waals surface area contributed by atoms with Gasteiger partial charge in [-0.15, -0.1) is 0 Å². The highest BCUT2D eigenvalue weighted by atomic mass is 16.1. The Labute approximate surface area is 135 Å². The molecule has 3 saturated carbocycles. The number of carbonyl (C=O) groups is 1. The third-order valence-electron chi connectivity index (χ3n) is 7.99. The van der Waals surface area contributed by atoms with E-state index in [1.165, 1.54) is 32.1 Å². The summed E-state index contributed by atoms with van der Waals surface area (Å²) in [4.78, 5) is 13.2. The van der Waals surface area contributed by atoms with Crippen molar-refractivity contribution in [1.82, 2.24) is 0 Å². The first-order valence-corrected chi connectivity index (χ1v) is 9.40. The standard InChI is InChI=1S/C21H30O/c1-4-14-9-11-17-16-10-8-15-7-5-6-12-20(15,2)19(16)18(22)13-21(14,17)3/h6-7,12,14,16-17,19H,4-5,8-11,13H2,1-3H3/t14-,16-,17-,19+,20-,21+/m0/s1. The Morgan fingerprint density at radius 1 is 1.23 bits per heavy atom. The van der Waals surface area contributed by atoms with Crippen molar-refractivity contribution in [3.8, 4) is 0 Å². The largest absolute Gasteiger partial charge is 0.299 e. The average molecular weight is 298 g/mol. The second-order valence-electron chi connectivity index (χ2n) is 8.77. The van der Waals surface area contributed by atoms with Gasteiger partial charge in [0, 0.05) is 17.8 Å². The van der Waals surface area contributed by atoms with Gasteiger partial charge >= 0.3 is 0 Å². The van der Waals surface area contributed by atoms with Crippen molar-refractivity contribution in [3.05, 3.63) is 23.8 Å². The van der Waals surface area contributed by atoms with E-state index in [0.29, 0.717) is 17.1 Å². The predicted molar refractivity (Wildman–Crippen MR) is 90.4 cm³/mol.